The summed E-state index contributed by atoms with van der Waals surface area (Å²) in [5, 5.41) is 4.90. The summed E-state index contributed by atoms with van der Waals surface area (Å²) in [5.74, 6) is 0.638. The molecular formula is C25H27N2O3+. The number of rotatable bonds is 9. The average molecular weight is 404 g/mol. The van der Waals surface area contributed by atoms with Crippen LogP contribution in [0.4, 0.5) is 5.69 Å². The second-order valence-corrected chi connectivity index (χ2v) is 7.20. The maximum absolute atomic E-state index is 13.0. The van der Waals surface area contributed by atoms with E-state index >= 15 is 0 Å². The van der Waals surface area contributed by atoms with Crippen LogP contribution in [0.15, 0.2) is 78.9 Å². The van der Waals surface area contributed by atoms with Crippen molar-refractivity contribution in [3.05, 3.63) is 95.6 Å². The minimum Gasteiger partial charge on any atom is -0.488 e. The molecule has 0 fully saturated rings. The lowest BCUT2D eigenvalue weighted by Gasteiger charge is -2.16. The maximum Gasteiger partial charge on any atom is 0.287 e. The first-order valence-electron chi connectivity index (χ1n) is 10.0. The molecule has 0 unspecified atom stereocenters. The minimum atomic E-state index is -0.422. The summed E-state index contributed by atoms with van der Waals surface area (Å²) in [6.45, 7) is 4.65. The molecule has 3 N–H and O–H groups in total. The summed E-state index contributed by atoms with van der Waals surface area (Å²) in [6.07, 6.45) is 0. The molecule has 5 nitrogen and oxygen atoms in total. The van der Waals surface area contributed by atoms with Crippen LogP contribution in [0.25, 0.3) is 0 Å². The monoisotopic (exact) mass is 403 g/mol. The third-order valence-electron chi connectivity index (χ3n) is 4.79. The van der Waals surface area contributed by atoms with Gasteiger partial charge >= 0.3 is 0 Å². The first kappa shape index (κ1) is 21.3. The van der Waals surface area contributed by atoms with E-state index in [1.807, 2.05) is 66.8 Å². The molecule has 0 bridgehead atoms. The van der Waals surface area contributed by atoms with Crippen LogP contribution in [0, 0.1) is 6.92 Å². The Labute approximate surface area is 177 Å². The number of aryl methyl sites for hydroxylation is 1. The number of carbonyl (C=O) groups is 2. The van der Waals surface area contributed by atoms with Gasteiger partial charge in [0.1, 0.15) is 18.9 Å². The summed E-state index contributed by atoms with van der Waals surface area (Å²) in [4.78, 5) is 24.6. The SMILES string of the molecule is CC(=O)c1cccc(NC(=O)[C@H]([NH2+]CCOc2ccc(C)cc2)c2ccccc2)c1. The Kier molecular flexibility index (Phi) is 7.35. The van der Waals surface area contributed by atoms with Gasteiger partial charge < -0.3 is 15.4 Å². The van der Waals surface area contributed by atoms with E-state index in [-0.39, 0.29) is 11.7 Å². The van der Waals surface area contributed by atoms with Crippen LogP contribution in [0.1, 0.15) is 34.5 Å². The van der Waals surface area contributed by atoms with Gasteiger partial charge in [-0.1, -0.05) is 60.2 Å². The third kappa shape index (κ3) is 6.03. The fraction of sp³-hybridized carbons (Fsp3) is 0.200. The second-order valence-electron chi connectivity index (χ2n) is 7.20. The minimum absolute atomic E-state index is 0.0366. The molecule has 0 aliphatic rings. The van der Waals surface area contributed by atoms with Gasteiger partial charge in [-0.2, -0.15) is 0 Å². The van der Waals surface area contributed by atoms with E-state index in [1.54, 1.807) is 24.3 Å². The molecule has 3 aromatic carbocycles. The number of quaternary nitrogens is 1. The zero-order chi connectivity index (χ0) is 21.3. The smallest absolute Gasteiger partial charge is 0.287 e. The largest absolute Gasteiger partial charge is 0.488 e. The Morgan fingerprint density at radius 1 is 0.967 bits per heavy atom. The summed E-state index contributed by atoms with van der Waals surface area (Å²) in [7, 11) is 0. The Morgan fingerprint density at radius 3 is 2.40 bits per heavy atom. The van der Waals surface area contributed by atoms with Gasteiger partial charge in [0.15, 0.2) is 11.8 Å². The predicted molar refractivity (Wildman–Crippen MR) is 118 cm³/mol. The highest BCUT2D eigenvalue weighted by atomic mass is 16.5. The van der Waals surface area contributed by atoms with E-state index in [9.17, 15) is 9.59 Å². The highest BCUT2D eigenvalue weighted by Gasteiger charge is 2.24. The van der Waals surface area contributed by atoms with Crippen LogP contribution in [0.2, 0.25) is 0 Å². The topological polar surface area (TPSA) is 72.0 Å². The van der Waals surface area contributed by atoms with Crippen molar-refractivity contribution in [2.45, 2.75) is 19.9 Å². The number of nitrogens with one attached hydrogen (secondary N) is 1. The molecule has 0 heterocycles. The fourth-order valence-corrected chi connectivity index (χ4v) is 3.14. The van der Waals surface area contributed by atoms with Crippen LogP contribution in [-0.2, 0) is 4.79 Å². The number of benzene rings is 3. The Bertz CT molecular complexity index is 985. The number of Topliss-reactive ketones (excluding diaryl/α,β-unsaturated/α-hetero) is 1. The molecule has 0 aliphatic heterocycles. The van der Waals surface area contributed by atoms with Crippen molar-refractivity contribution in [3.63, 3.8) is 0 Å². The molecule has 0 spiro atoms. The maximum atomic E-state index is 13.0. The van der Waals surface area contributed by atoms with Gasteiger partial charge in [0, 0.05) is 16.8 Å². The number of ether oxygens (including phenoxy) is 1. The standard InChI is InChI=1S/C25H26N2O3/c1-18-11-13-23(14-12-18)30-16-15-26-24(20-7-4-3-5-8-20)25(29)27-22-10-6-9-21(17-22)19(2)28/h3-14,17,24,26H,15-16H2,1-2H3,(H,27,29)/p+1/t24-/m1/s1. The molecule has 0 aromatic heterocycles. The van der Waals surface area contributed by atoms with Crippen LogP contribution in [-0.4, -0.2) is 24.8 Å². The van der Waals surface area contributed by atoms with Crippen molar-refractivity contribution in [3.8, 4) is 5.75 Å². The molecular weight excluding hydrogens is 376 g/mol. The first-order valence-corrected chi connectivity index (χ1v) is 10.0. The number of carbonyl (C=O) groups excluding carboxylic acids is 2. The molecule has 30 heavy (non-hydrogen) atoms. The quantitative estimate of drug-likeness (QED) is 0.424. The zero-order valence-electron chi connectivity index (χ0n) is 17.3. The third-order valence-corrected chi connectivity index (χ3v) is 4.79. The molecule has 154 valence electrons. The number of ketones is 1. The van der Waals surface area contributed by atoms with E-state index in [4.69, 9.17) is 4.74 Å². The molecule has 0 saturated heterocycles. The van der Waals surface area contributed by atoms with Gasteiger partial charge in [0.25, 0.3) is 5.91 Å². The lowest BCUT2D eigenvalue weighted by molar-refractivity contribution is -0.682. The lowest BCUT2D eigenvalue weighted by Crippen LogP contribution is -2.88. The average Bonchev–Trinajstić information content (AvgIpc) is 2.75. The lowest BCUT2D eigenvalue weighted by atomic mass is 10.1. The van der Waals surface area contributed by atoms with Crippen LogP contribution < -0.4 is 15.4 Å². The van der Waals surface area contributed by atoms with Gasteiger partial charge in [-0.25, -0.2) is 0 Å². The summed E-state index contributed by atoms with van der Waals surface area (Å²) in [6, 6.07) is 24.1. The number of hydrogen-bond donors (Lipinski definition) is 2. The van der Waals surface area contributed by atoms with E-state index in [0.29, 0.717) is 24.4 Å². The number of amides is 1. The van der Waals surface area contributed by atoms with E-state index < -0.39 is 6.04 Å². The van der Waals surface area contributed by atoms with Crippen LogP contribution in [0.5, 0.6) is 5.75 Å². The Hall–Kier alpha value is -3.44. The molecule has 0 radical (unpaired) electrons. The van der Waals surface area contributed by atoms with Crippen molar-refractivity contribution in [1.82, 2.24) is 0 Å². The summed E-state index contributed by atoms with van der Waals surface area (Å²) in [5.41, 5.74) is 3.27. The normalized spacial score (nSPS) is 11.5. The second kappa shape index (κ2) is 10.4. The van der Waals surface area contributed by atoms with Gasteiger partial charge in [0.2, 0.25) is 0 Å². The van der Waals surface area contributed by atoms with Crippen molar-refractivity contribution < 1.29 is 19.6 Å². The molecule has 1 atom stereocenters. The van der Waals surface area contributed by atoms with Crippen molar-refractivity contribution in [2.24, 2.45) is 0 Å². The predicted octanol–water partition coefficient (Wildman–Crippen LogP) is 3.52. The fourth-order valence-electron chi connectivity index (χ4n) is 3.14. The number of anilines is 1. The highest BCUT2D eigenvalue weighted by Crippen LogP contribution is 2.15. The van der Waals surface area contributed by atoms with Crippen molar-refractivity contribution in [1.29, 1.82) is 0 Å². The molecule has 1 amide bonds. The Balaban J connectivity index is 1.65. The van der Waals surface area contributed by atoms with Crippen molar-refractivity contribution in [2.75, 3.05) is 18.5 Å². The number of nitrogens with two attached hydrogens (primary N) is 1. The van der Waals surface area contributed by atoms with Gasteiger partial charge in [-0.3, -0.25) is 9.59 Å². The van der Waals surface area contributed by atoms with E-state index in [1.165, 1.54) is 12.5 Å². The van der Waals surface area contributed by atoms with E-state index in [2.05, 4.69) is 5.32 Å². The highest BCUT2D eigenvalue weighted by molar-refractivity contribution is 5.98. The van der Waals surface area contributed by atoms with Gasteiger partial charge in [-0.15, -0.1) is 0 Å². The molecule has 3 rings (SSSR count). The first-order chi connectivity index (χ1) is 14.5. The van der Waals surface area contributed by atoms with Crippen LogP contribution in [0.3, 0.4) is 0 Å². The van der Waals surface area contributed by atoms with Crippen molar-refractivity contribution >= 4 is 17.4 Å². The van der Waals surface area contributed by atoms with E-state index in [0.717, 1.165) is 11.3 Å². The summed E-state index contributed by atoms with van der Waals surface area (Å²) >= 11 is 0. The van der Waals surface area contributed by atoms with Gasteiger partial charge in [-0.05, 0) is 38.1 Å². The molecule has 0 saturated carbocycles. The Morgan fingerprint density at radius 2 is 1.70 bits per heavy atom. The van der Waals surface area contributed by atoms with Crippen LogP contribution >= 0.6 is 0 Å². The number of hydrogen-bond acceptors (Lipinski definition) is 3. The molecule has 5 heteroatoms. The van der Waals surface area contributed by atoms with Gasteiger partial charge in [0.05, 0.1) is 0 Å². The molecule has 0 aliphatic carbocycles. The summed E-state index contributed by atoms with van der Waals surface area (Å²) < 4.78 is 5.79. The zero-order valence-corrected chi connectivity index (χ0v) is 17.3. The molecule has 3 aromatic rings.